The minimum Gasteiger partial charge on any atom is -0.508 e. The van der Waals surface area contributed by atoms with Crippen molar-refractivity contribution in [2.75, 3.05) is 25.1 Å². The summed E-state index contributed by atoms with van der Waals surface area (Å²) in [6, 6.07) is 14.9. The number of nitrogens with zero attached hydrogens (tertiary/aromatic N) is 1. The van der Waals surface area contributed by atoms with Crippen molar-refractivity contribution in [1.82, 2.24) is 5.32 Å². The summed E-state index contributed by atoms with van der Waals surface area (Å²) in [6.45, 7) is 1.73. The number of phenolic OH excluding ortho intramolecular Hbond substituents is 1. The summed E-state index contributed by atoms with van der Waals surface area (Å²) in [5.74, 6) is 1.03. The minimum absolute atomic E-state index is 0.0162. The van der Waals surface area contributed by atoms with Gasteiger partial charge >= 0.3 is 0 Å². The summed E-state index contributed by atoms with van der Waals surface area (Å²) in [6.07, 6.45) is 2.27. The lowest BCUT2D eigenvalue weighted by Gasteiger charge is -2.35. The van der Waals surface area contributed by atoms with E-state index in [1.165, 1.54) is 0 Å². The second-order valence-electron chi connectivity index (χ2n) is 6.37. The number of para-hydroxylation sites is 2. The lowest BCUT2D eigenvalue weighted by Crippen LogP contribution is -2.48. The number of benzene rings is 2. The number of piperidine rings is 1. The predicted octanol–water partition coefficient (Wildman–Crippen LogP) is 2.73. The first-order chi connectivity index (χ1) is 12.2. The number of hydrogen-bond donors (Lipinski definition) is 2. The molecule has 0 saturated carbocycles. The van der Waals surface area contributed by atoms with Gasteiger partial charge in [0.25, 0.3) is 0 Å². The molecule has 2 N–H and O–H groups in total. The molecule has 0 aromatic heterocycles. The molecule has 132 valence electrons. The van der Waals surface area contributed by atoms with E-state index in [2.05, 4.69) is 16.3 Å². The molecule has 1 fully saturated rings. The standard InChI is InChI=1S/C20H24N2O3/c1-25-19-10-3-2-9-18(19)22-11-5-7-16(14-22)21-20(24)13-15-6-4-8-17(23)12-15/h2-4,6,8-10,12,16,23H,5,7,11,13-14H2,1H3,(H,21,24)/t16-/m0/s1. The maximum absolute atomic E-state index is 12.3. The molecule has 0 unspecified atom stereocenters. The average molecular weight is 340 g/mol. The topological polar surface area (TPSA) is 61.8 Å². The molecular formula is C20H24N2O3. The van der Waals surface area contributed by atoms with Crippen molar-refractivity contribution in [3.05, 3.63) is 54.1 Å². The molecule has 0 bridgehead atoms. The molecule has 2 aromatic carbocycles. The first-order valence-electron chi connectivity index (χ1n) is 8.61. The van der Waals surface area contributed by atoms with Crippen LogP contribution in [0.5, 0.6) is 11.5 Å². The highest BCUT2D eigenvalue weighted by molar-refractivity contribution is 5.79. The number of methoxy groups -OCH3 is 1. The molecule has 1 atom stereocenters. The van der Waals surface area contributed by atoms with Crippen LogP contribution >= 0.6 is 0 Å². The Hall–Kier alpha value is -2.69. The summed E-state index contributed by atoms with van der Waals surface area (Å²) in [5, 5.41) is 12.6. The third kappa shape index (κ3) is 4.44. The van der Waals surface area contributed by atoms with Crippen LogP contribution in [-0.4, -0.2) is 37.3 Å². The Morgan fingerprint density at radius 3 is 2.92 bits per heavy atom. The van der Waals surface area contributed by atoms with Crippen molar-refractivity contribution < 1.29 is 14.6 Å². The molecule has 2 aromatic rings. The second kappa shape index (κ2) is 7.92. The number of hydrogen-bond acceptors (Lipinski definition) is 4. The smallest absolute Gasteiger partial charge is 0.224 e. The number of aromatic hydroxyl groups is 1. The maximum Gasteiger partial charge on any atom is 0.224 e. The number of carbonyl (C=O) groups excluding carboxylic acids is 1. The van der Waals surface area contributed by atoms with Gasteiger partial charge in [-0.2, -0.15) is 0 Å². The molecule has 0 aliphatic carbocycles. The van der Waals surface area contributed by atoms with E-state index in [0.717, 1.165) is 42.9 Å². The molecule has 1 amide bonds. The maximum atomic E-state index is 12.3. The highest BCUT2D eigenvalue weighted by atomic mass is 16.5. The number of carbonyl (C=O) groups is 1. The van der Waals surface area contributed by atoms with Gasteiger partial charge in [0.05, 0.1) is 19.2 Å². The summed E-state index contributed by atoms with van der Waals surface area (Å²) in [5.41, 5.74) is 1.88. The summed E-state index contributed by atoms with van der Waals surface area (Å²) >= 11 is 0. The number of rotatable bonds is 5. The van der Waals surface area contributed by atoms with Crippen molar-refractivity contribution in [3.8, 4) is 11.5 Å². The van der Waals surface area contributed by atoms with Gasteiger partial charge in [-0.05, 0) is 42.7 Å². The van der Waals surface area contributed by atoms with Crippen molar-refractivity contribution in [2.45, 2.75) is 25.3 Å². The normalized spacial score (nSPS) is 17.2. The van der Waals surface area contributed by atoms with E-state index in [0.29, 0.717) is 0 Å². The predicted molar refractivity (Wildman–Crippen MR) is 98.2 cm³/mol. The number of amides is 1. The van der Waals surface area contributed by atoms with Gasteiger partial charge in [-0.1, -0.05) is 24.3 Å². The number of ether oxygens (including phenoxy) is 1. The molecule has 0 radical (unpaired) electrons. The molecular weight excluding hydrogens is 316 g/mol. The van der Waals surface area contributed by atoms with Gasteiger partial charge in [-0.3, -0.25) is 4.79 Å². The molecule has 5 heteroatoms. The molecule has 1 heterocycles. The van der Waals surface area contributed by atoms with E-state index in [1.807, 2.05) is 24.3 Å². The lowest BCUT2D eigenvalue weighted by molar-refractivity contribution is -0.121. The zero-order chi connectivity index (χ0) is 17.6. The summed E-state index contributed by atoms with van der Waals surface area (Å²) in [4.78, 5) is 14.6. The number of nitrogens with one attached hydrogen (secondary N) is 1. The quantitative estimate of drug-likeness (QED) is 0.879. The molecule has 3 rings (SSSR count). The Balaban J connectivity index is 1.60. The zero-order valence-electron chi connectivity index (χ0n) is 14.4. The van der Waals surface area contributed by atoms with Crippen LogP contribution in [0, 0.1) is 0 Å². The van der Waals surface area contributed by atoms with Crippen LogP contribution in [0.2, 0.25) is 0 Å². The molecule has 5 nitrogen and oxygen atoms in total. The Kier molecular flexibility index (Phi) is 5.43. The molecule has 1 aliphatic heterocycles. The fourth-order valence-corrected chi connectivity index (χ4v) is 3.34. The first-order valence-corrected chi connectivity index (χ1v) is 8.61. The highest BCUT2D eigenvalue weighted by Crippen LogP contribution is 2.29. The van der Waals surface area contributed by atoms with E-state index in [4.69, 9.17) is 4.74 Å². The van der Waals surface area contributed by atoms with Crippen molar-refractivity contribution >= 4 is 11.6 Å². The average Bonchev–Trinajstić information content (AvgIpc) is 2.62. The van der Waals surface area contributed by atoms with Crippen LogP contribution in [0.15, 0.2) is 48.5 Å². The second-order valence-corrected chi connectivity index (χ2v) is 6.37. The van der Waals surface area contributed by atoms with Gasteiger partial charge in [0.1, 0.15) is 11.5 Å². The first kappa shape index (κ1) is 17.1. The van der Waals surface area contributed by atoms with Gasteiger partial charge in [-0.25, -0.2) is 0 Å². The number of phenols is 1. The lowest BCUT2D eigenvalue weighted by atomic mass is 10.0. The van der Waals surface area contributed by atoms with Gasteiger partial charge in [0.15, 0.2) is 0 Å². The van der Waals surface area contributed by atoms with E-state index in [9.17, 15) is 9.90 Å². The SMILES string of the molecule is COc1ccccc1N1CCC[C@H](NC(=O)Cc2cccc(O)c2)C1. The van der Waals surface area contributed by atoms with Crippen molar-refractivity contribution in [3.63, 3.8) is 0 Å². The molecule has 25 heavy (non-hydrogen) atoms. The third-order valence-electron chi connectivity index (χ3n) is 4.49. The van der Waals surface area contributed by atoms with E-state index in [-0.39, 0.29) is 24.1 Å². The Morgan fingerprint density at radius 1 is 1.28 bits per heavy atom. The molecule has 1 aliphatic rings. The van der Waals surface area contributed by atoms with Crippen LogP contribution in [0.1, 0.15) is 18.4 Å². The van der Waals surface area contributed by atoms with E-state index < -0.39 is 0 Å². The van der Waals surface area contributed by atoms with Crippen LogP contribution in [0.25, 0.3) is 0 Å². The van der Waals surface area contributed by atoms with Gasteiger partial charge in [0.2, 0.25) is 5.91 Å². The Morgan fingerprint density at radius 2 is 2.12 bits per heavy atom. The Labute approximate surface area is 148 Å². The van der Waals surface area contributed by atoms with Gasteiger partial charge in [-0.15, -0.1) is 0 Å². The highest BCUT2D eigenvalue weighted by Gasteiger charge is 2.23. The van der Waals surface area contributed by atoms with E-state index in [1.54, 1.807) is 25.3 Å². The van der Waals surface area contributed by atoms with Gasteiger partial charge < -0.3 is 20.1 Å². The fourth-order valence-electron chi connectivity index (χ4n) is 3.34. The van der Waals surface area contributed by atoms with Crippen LogP contribution in [0.4, 0.5) is 5.69 Å². The zero-order valence-corrected chi connectivity index (χ0v) is 14.4. The Bertz CT molecular complexity index is 732. The van der Waals surface area contributed by atoms with E-state index >= 15 is 0 Å². The van der Waals surface area contributed by atoms with Crippen LogP contribution in [0.3, 0.4) is 0 Å². The third-order valence-corrected chi connectivity index (χ3v) is 4.49. The van der Waals surface area contributed by atoms with Crippen molar-refractivity contribution in [1.29, 1.82) is 0 Å². The largest absolute Gasteiger partial charge is 0.508 e. The molecule has 1 saturated heterocycles. The number of anilines is 1. The molecule has 0 spiro atoms. The van der Waals surface area contributed by atoms with Crippen molar-refractivity contribution in [2.24, 2.45) is 0 Å². The summed E-state index contributed by atoms with van der Waals surface area (Å²) in [7, 11) is 1.68. The van der Waals surface area contributed by atoms with Gasteiger partial charge in [0, 0.05) is 19.1 Å². The van der Waals surface area contributed by atoms with Crippen LogP contribution in [-0.2, 0) is 11.2 Å². The fraction of sp³-hybridized carbons (Fsp3) is 0.350. The summed E-state index contributed by atoms with van der Waals surface area (Å²) < 4.78 is 5.45. The minimum atomic E-state index is -0.0162. The van der Waals surface area contributed by atoms with Crippen LogP contribution < -0.4 is 15.0 Å². The monoisotopic (exact) mass is 340 g/mol.